The lowest BCUT2D eigenvalue weighted by molar-refractivity contribution is 1.18. The Morgan fingerprint density at radius 1 is 0.229 bits per heavy atom. The van der Waals surface area contributed by atoms with Gasteiger partial charge in [-0.25, -0.2) is 0 Å². The summed E-state index contributed by atoms with van der Waals surface area (Å²) in [7, 11) is 0. The van der Waals surface area contributed by atoms with Crippen molar-refractivity contribution in [3.63, 3.8) is 0 Å². The zero-order valence-corrected chi connectivity index (χ0v) is 38.3. The Morgan fingerprint density at radius 2 is 0.743 bits per heavy atom. The average Bonchev–Trinajstić information content (AvgIpc) is 3.78. The molecule has 0 saturated heterocycles. The lowest BCUT2D eigenvalue weighted by atomic mass is 9.91. The van der Waals surface area contributed by atoms with Gasteiger partial charge in [-0.2, -0.15) is 0 Å². The number of nitrogens with zero attached hydrogens (tertiary/aromatic N) is 2. The molecule has 0 radical (unpaired) electrons. The Hall–Kier alpha value is -9.24. The van der Waals surface area contributed by atoms with Crippen molar-refractivity contribution in [1.82, 2.24) is 4.57 Å². The van der Waals surface area contributed by atoms with Gasteiger partial charge in [-0.15, -0.1) is 0 Å². The third kappa shape index (κ3) is 6.57. The SMILES string of the molecule is c1ccc(-c2cc(-c3ccccc3)cc(-n3c4ccc(-c5ccc6ccccc6c5)cc4c4c5cc6c7ccc(N(c8ccccc8)c8ccccc8)cc7c7ccccc7c6cc5ccc43)c2)cc1. The molecule has 0 amide bonds. The van der Waals surface area contributed by atoms with Crippen molar-refractivity contribution >= 4 is 92.7 Å². The topological polar surface area (TPSA) is 8.17 Å². The van der Waals surface area contributed by atoms with E-state index in [-0.39, 0.29) is 0 Å². The molecule has 0 fully saturated rings. The van der Waals surface area contributed by atoms with Gasteiger partial charge in [-0.1, -0.05) is 176 Å². The van der Waals surface area contributed by atoms with Crippen LogP contribution in [0.5, 0.6) is 0 Å². The number of fused-ring (bicyclic) bond motifs is 12. The van der Waals surface area contributed by atoms with E-state index in [4.69, 9.17) is 0 Å². The van der Waals surface area contributed by atoms with E-state index < -0.39 is 0 Å². The molecule has 70 heavy (non-hydrogen) atoms. The largest absolute Gasteiger partial charge is 0.310 e. The number of benzene rings is 13. The first-order chi connectivity index (χ1) is 34.7. The summed E-state index contributed by atoms with van der Waals surface area (Å²) in [6.45, 7) is 0. The zero-order valence-electron chi connectivity index (χ0n) is 38.3. The highest BCUT2D eigenvalue weighted by atomic mass is 15.1. The highest BCUT2D eigenvalue weighted by molar-refractivity contribution is 6.31. The van der Waals surface area contributed by atoms with Gasteiger partial charge in [0.2, 0.25) is 0 Å². The van der Waals surface area contributed by atoms with Crippen LogP contribution in [0.1, 0.15) is 0 Å². The quantitative estimate of drug-likeness (QED) is 0.114. The molecule has 0 aliphatic carbocycles. The number of rotatable bonds is 7. The second-order valence-corrected chi connectivity index (χ2v) is 18.5. The summed E-state index contributed by atoms with van der Waals surface area (Å²) in [4.78, 5) is 2.36. The van der Waals surface area contributed by atoms with Crippen LogP contribution in [0.15, 0.2) is 267 Å². The van der Waals surface area contributed by atoms with Gasteiger partial charge in [0.15, 0.2) is 0 Å². The molecule has 0 bridgehead atoms. The maximum atomic E-state index is 2.50. The molecule has 0 N–H and O–H groups in total. The van der Waals surface area contributed by atoms with Crippen LogP contribution in [-0.4, -0.2) is 4.57 Å². The van der Waals surface area contributed by atoms with E-state index >= 15 is 0 Å². The monoisotopic (exact) mass is 888 g/mol. The van der Waals surface area contributed by atoms with Crippen molar-refractivity contribution < 1.29 is 0 Å². The Morgan fingerprint density at radius 3 is 1.41 bits per heavy atom. The summed E-state index contributed by atoms with van der Waals surface area (Å²) in [6, 6.07) is 98.2. The van der Waals surface area contributed by atoms with Gasteiger partial charge in [0, 0.05) is 33.5 Å². The van der Waals surface area contributed by atoms with Crippen LogP contribution in [-0.2, 0) is 0 Å². The summed E-state index contributed by atoms with van der Waals surface area (Å²) < 4.78 is 2.50. The van der Waals surface area contributed by atoms with Crippen LogP contribution in [0.3, 0.4) is 0 Å². The van der Waals surface area contributed by atoms with Crippen molar-refractivity contribution in [2.75, 3.05) is 4.90 Å². The average molecular weight is 889 g/mol. The van der Waals surface area contributed by atoms with Crippen LogP contribution in [0, 0.1) is 0 Å². The first-order valence-corrected chi connectivity index (χ1v) is 24.2. The molecule has 0 spiro atoms. The Balaban J connectivity index is 1.06. The highest BCUT2D eigenvalue weighted by Crippen LogP contribution is 2.45. The Labute approximate surface area is 406 Å². The Kier molecular flexibility index (Phi) is 9.25. The van der Waals surface area contributed by atoms with E-state index in [2.05, 4.69) is 276 Å². The fourth-order valence-corrected chi connectivity index (χ4v) is 11.2. The number of hydrogen-bond acceptors (Lipinski definition) is 1. The van der Waals surface area contributed by atoms with Gasteiger partial charge < -0.3 is 9.47 Å². The van der Waals surface area contributed by atoms with Crippen molar-refractivity contribution in [2.45, 2.75) is 0 Å². The van der Waals surface area contributed by atoms with Gasteiger partial charge >= 0.3 is 0 Å². The van der Waals surface area contributed by atoms with Crippen LogP contribution in [0.25, 0.3) is 115 Å². The van der Waals surface area contributed by atoms with Crippen LogP contribution in [0.4, 0.5) is 17.1 Å². The number of hydrogen-bond donors (Lipinski definition) is 0. The van der Waals surface area contributed by atoms with Gasteiger partial charge in [0.1, 0.15) is 0 Å². The third-order valence-electron chi connectivity index (χ3n) is 14.4. The van der Waals surface area contributed by atoms with Gasteiger partial charge in [0.05, 0.1) is 11.0 Å². The van der Waals surface area contributed by atoms with E-state index in [0.29, 0.717) is 0 Å². The maximum Gasteiger partial charge on any atom is 0.0547 e. The molecule has 2 nitrogen and oxygen atoms in total. The molecule has 2 heteroatoms. The van der Waals surface area contributed by atoms with E-state index in [0.717, 1.165) is 22.7 Å². The molecule has 14 aromatic rings. The molecular weight excluding hydrogens is 845 g/mol. The standard InChI is InChI=1S/C68H44N2/c1-5-17-45(18-6-1)52-38-53(46-19-7-2-8-20-46)40-57(39-52)70-66-35-31-50(49-30-29-47-21-13-14-22-48(47)37-49)41-65(66)68-61-44-64-60-34-33-56(69(54-23-9-3-10-24-54)55-25-11-4-12-26-55)43-63(60)59-28-16-15-27-58(59)62(64)42-51(61)32-36-67(68)70/h1-44H. The van der Waals surface area contributed by atoms with Crippen LogP contribution in [0.2, 0.25) is 0 Å². The molecule has 0 unspecified atom stereocenters. The van der Waals surface area contributed by atoms with E-state index in [1.54, 1.807) is 0 Å². The maximum absolute atomic E-state index is 2.50. The normalized spacial score (nSPS) is 11.7. The third-order valence-corrected chi connectivity index (χ3v) is 14.4. The second kappa shape index (κ2) is 16.2. The number of aromatic nitrogens is 1. The van der Waals surface area contributed by atoms with E-state index in [1.165, 1.54) is 109 Å². The summed E-state index contributed by atoms with van der Waals surface area (Å²) in [6.07, 6.45) is 0. The fraction of sp³-hybridized carbons (Fsp3) is 0. The second-order valence-electron chi connectivity index (χ2n) is 18.5. The molecule has 13 aromatic carbocycles. The molecule has 0 aliphatic heterocycles. The fourth-order valence-electron chi connectivity index (χ4n) is 11.2. The minimum Gasteiger partial charge on any atom is -0.310 e. The first kappa shape index (κ1) is 39.9. The predicted molar refractivity (Wildman–Crippen MR) is 299 cm³/mol. The lowest BCUT2D eigenvalue weighted by Crippen LogP contribution is -2.09. The number of anilines is 3. The van der Waals surface area contributed by atoms with E-state index in [1.807, 2.05) is 0 Å². The van der Waals surface area contributed by atoms with Crippen molar-refractivity contribution in [3.8, 4) is 39.1 Å². The highest BCUT2D eigenvalue weighted by Gasteiger charge is 2.21. The molecule has 0 saturated carbocycles. The molecule has 14 rings (SSSR count). The van der Waals surface area contributed by atoms with Gasteiger partial charge in [-0.05, 0) is 178 Å². The smallest absolute Gasteiger partial charge is 0.0547 e. The van der Waals surface area contributed by atoms with Gasteiger partial charge in [-0.3, -0.25) is 0 Å². The molecule has 0 aliphatic rings. The molecular formula is C68H44N2. The summed E-state index contributed by atoms with van der Waals surface area (Å²) in [5.41, 5.74) is 14.0. The molecule has 1 heterocycles. The summed E-state index contributed by atoms with van der Waals surface area (Å²) >= 11 is 0. The van der Waals surface area contributed by atoms with Crippen molar-refractivity contribution in [2.24, 2.45) is 0 Å². The minimum absolute atomic E-state index is 1.12. The molecule has 1 aromatic heterocycles. The van der Waals surface area contributed by atoms with Crippen molar-refractivity contribution in [1.29, 1.82) is 0 Å². The van der Waals surface area contributed by atoms with Crippen LogP contribution < -0.4 is 4.90 Å². The lowest BCUT2D eigenvalue weighted by Gasteiger charge is -2.26. The summed E-state index contributed by atoms with van der Waals surface area (Å²) in [5, 5.41) is 14.9. The van der Waals surface area contributed by atoms with Crippen molar-refractivity contribution in [3.05, 3.63) is 267 Å². The summed E-state index contributed by atoms with van der Waals surface area (Å²) in [5.74, 6) is 0. The van der Waals surface area contributed by atoms with E-state index in [9.17, 15) is 0 Å². The van der Waals surface area contributed by atoms with Crippen LogP contribution >= 0.6 is 0 Å². The molecule has 0 atom stereocenters. The van der Waals surface area contributed by atoms with Gasteiger partial charge in [0.25, 0.3) is 0 Å². The first-order valence-electron chi connectivity index (χ1n) is 24.2. The molecule has 326 valence electrons. The zero-order chi connectivity index (χ0) is 46.1. The minimum atomic E-state index is 1.12. The predicted octanol–water partition coefficient (Wildman–Crippen LogP) is 19.0. The Bertz CT molecular complexity index is 4230. The number of para-hydroxylation sites is 2.